The van der Waals surface area contributed by atoms with Crippen LogP contribution in [0.5, 0.6) is 0 Å². The summed E-state index contributed by atoms with van der Waals surface area (Å²) in [5, 5.41) is 3.03. The summed E-state index contributed by atoms with van der Waals surface area (Å²) in [6, 6.07) is 5.70. The van der Waals surface area contributed by atoms with Crippen molar-refractivity contribution in [2.45, 2.75) is 32.2 Å². The first kappa shape index (κ1) is 17.2. The minimum atomic E-state index is -3.25. The molecule has 2 heterocycles. The highest BCUT2D eigenvalue weighted by Crippen LogP contribution is 2.30. The summed E-state index contributed by atoms with van der Waals surface area (Å²) in [7, 11) is -3.25. The fourth-order valence-corrected chi connectivity index (χ4v) is 4.67. The number of hydrogen-bond acceptors (Lipinski definition) is 4. The van der Waals surface area contributed by atoms with Gasteiger partial charge in [-0.05, 0) is 56.1 Å². The molecule has 2 aliphatic rings. The molecule has 132 valence electrons. The fraction of sp³-hybridized carbons (Fsp3) is 0.588. The van der Waals surface area contributed by atoms with E-state index in [1.165, 1.54) is 17.0 Å². The number of nitrogens with one attached hydrogen (secondary N) is 1. The summed E-state index contributed by atoms with van der Waals surface area (Å²) in [6.07, 6.45) is 4.18. The van der Waals surface area contributed by atoms with Gasteiger partial charge in [0.05, 0.1) is 11.9 Å². The van der Waals surface area contributed by atoms with Crippen LogP contribution in [-0.4, -0.2) is 57.7 Å². The summed E-state index contributed by atoms with van der Waals surface area (Å²) in [5.41, 5.74) is 2.22. The van der Waals surface area contributed by atoms with E-state index in [4.69, 9.17) is 0 Å². The van der Waals surface area contributed by atoms with E-state index < -0.39 is 10.0 Å². The second-order valence-corrected chi connectivity index (χ2v) is 8.47. The van der Waals surface area contributed by atoms with E-state index in [0.29, 0.717) is 36.8 Å². The number of likely N-dealkylation sites (tertiary alicyclic amines) is 1. The number of carbonyl (C=O) groups excluding carboxylic acids is 1. The molecule has 1 saturated heterocycles. The van der Waals surface area contributed by atoms with Crippen LogP contribution in [0.15, 0.2) is 18.2 Å². The highest BCUT2D eigenvalue weighted by Gasteiger charge is 2.27. The summed E-state index contributed by atoms with van der Waals surface area (Å²) in [6.45, 7) is 5.39. The van der Waals surface area contributed by atoms with Crippen molar-refractivity contribution in [2.24, 2.45) is 0 Å². The number of hydrogen-bond donors (Lipinski definition) is 1. The quantitative estimate of drug-likeness (QED) is 0.866. The Morgan fingerprint density at radius 3 is 2.83 bits per heavy atom. The van der Waals surface area contributed by atoms with E-state index in [1.54, 1.807) is 12.1 Å². The molecule has 3 rings (SSSR count). The predicted octanol–water partition coefficient (Wildman–Crippen LogP) is 1.22. The van der Waals surface area contributed by atoms with E-state index in [-0.39, 0.29) is 5.91 Å². The van der Waals surface area contributed by atoms with Crippen LogP contribution in [0.2, 0.25) is 0 Å². The second kappa shape index (κ2) is 6.72. The smallest absolute Gasteiger partial charge is 0.251 e. The molecule has 0 aromatic heterocycles. The van der Waals surface area contributed by atoms with E-state index in [2.05, 4.69) is 17.1 Å². The SMILES string of the molecule is CCN1CCCC1CNC(=O)c1ccc2c(c1)CCN2S(C)(=O)=O. The molecule has 2 aliphatic heterocycles. The van der Waals surface area contributed by atoms with Gasteiger partial charge < -0.3 is 5.32 Å². The first-order valence-electron chi connectivity index (χ1n) is 8.53. The maximum atomic E-state index is 12.4. The van der Waals surface area contributed by atoms with Crippen molar-refractivity contribution in [3.63, 3.8) is 0 Å². The monoisotopic (exact) mass is 351 g/mol. The number of fused-ring (bicyclic) bond motifs is 1. The molecule has 1 fully saturated rings. The van der Waals surface area contributed by atoms with Gasteiger partial charge in [0.25, 0.3) is 5.91 Å². The molecule has 6 nitrogen and oxygen atoms in total. The largest absolute Gasteiger partial charge is 0.350 e. The summed E-state index contributed by atoms with van der Waals surface area (Å²) in [5.74, 6) is -0.0847. The van der Waals surface area contributed by atoms with Crippen LogP contribution >= 0.6 is 0 Å². The molecular weight excluding hydrogens is 326 g/mol. The third-order valence-corrected chi connectivity index (χ3v) is 6.18. The zero-order chi connectivity index (χ0) is 17.3. The fourth-order valence-electron chi connectivity index (χ4n) is 3.71. The average Bonchev–Trinajstić information content (AvgIpc) is 3.17. The Hall–Kier alpha value is -1.60. The maximum Gasteiger partial charge on any atom is 0.251 e. The predicted molar refractivity (Wildman–Crippen MR) is 94.9 cm³/mol. The number of rotatable bonds is 5. The van der Waals surface area contributed by atoms with Gasteiger partial charge in [0.2, 0.25) is 10.0 Å². The Morgan fingerprint density at radius 1 is 1.33 bits per heavy atom. The van der Waals surface area contributed by atoms with Gasteiger partial charge in [0, 0.05) is 24.7 Å². The Labute approximate surface area is 143 Å². The van der Waals surface area contributed by atoms with Gasteiger partial charge in [-0.15, -0.1) is 0 Å². The highest BCUT2D eigenvalue weighted by molar-refractivity contribution is 7.92. The molecule has 1 aromatic carbocycles. The lowest BCUT2D eigenvalue weighted by Gasteiger charge is -2.23. The van der Waals surface area contributed by atoms with Gasteiger partial charge in [-0.1, -0.05) is 6.92 Å². The number of likely N-dealkylation sites (N-methyl/N-ethyl adjacent to an activating group) is 1. The Balaban J connectivity index is 1.67. The highest BCUT2D eigenvalue weighted by atomic mass is 32.2. The summed E-state index contributed by atoms with van der Waals surface area (Å²) >= 11 is 0. The summed E-state index contributed by atoms with van der Waals surface area (Å²) < 4.78 is 24.9. The molecule has 1 atom stereocenters. The standard InChI is InChI=1S/C17H25N3O3S/c1-3-19-9-4-5-15(19)12-18-17(21)14-6-7-16-13(11-14)8-10-20(16)24(2,22)23/h6-7,11,15H,3-5,8-10,12H2,1-2H3,(H,18,21). The molecule has 0 saturated carbocycles. The Bertz CT molecular complexity index is 733. The normalized spacial score (nSPS) is 21.1. The molecule has 1 aromatic rings. The second-order valence-electron chi connectivity index (χ2n) is 6.56. The minimum Gasteiger partial charge on any atom is -0.350 e. The van der Waals surface area contributed by atoms with Crippen molar-refractivity contribution in [2.75, 3.05) is 36.7 Å². The number of nitrogens with zero attached hydrogens (tertiary/aromatic N) is 2. The Morgan fingerprint density at radius 2 is 2.12 bits per heavy atom. The van der Waals surface area contributed by atoms with Crippen LogP contribution in [0.1, 0.15) is 35.7 Å². The number of carbonyl (C=O) groups is 1. The lowest BCUT2D eigenvalue weighted by atomic mass is 10.1. The summed E-state index contributed by atoms with van der Waals surface area (Å²) in [4.78, 5) is 14.8. The van der Waals surface area contributed by atoms with Crippen molar-refractivity contribution in [1.29, 1.82) is 0 Å². The number of sulfonamides is 1. The van der Waals surface area contributed by atoms with Crippen molar-refractivity contribution in [1.82, 2.24) is 10.2 Å². The maximum absolute atomic E-state index is 12.4. The van der Waals surface area contributed by atoms with E-state index >= 15 is 0 Å². The van der Waals surface area contributed by atoms with Crippen molar-refractivity contribution in [3.8, 4) is 0 Å². The molecular formula is C17H25N3O3S. The first-order valence-corrected chi connectivity index (χ1v) is 10.4. The van der Waals surface area contributed by atoms with Crippen LogP contribution in [0.25, 0.3) is 0 Å². The number of amides is 1. The Kier molecular flexibility index (Phi) is 4.83. The van der Waals surface area contributed by atoms with Gasteiger partial charge >= 0.3 is 0 Å². The van der Waals surface area contributed by atoms with E-state index in [0.717, 1.165) is 25.1 Å². The average molecular weight is 351 g/mol. The molecule has 0 aliphatic carbocycles. The zero-order valence-electron chi connectivity index (χ0n) is 14.3. The number of anilines is 1. The van der Waals surface area contributed by atoms with Crippen LogP contribution < -0.4 is 9.62 Å². The molecule has 0 spiro atoms. The van der Waals surface area contributed by atoms with Crippen molar-refractivity contribution >= 4 is 21.6 Å². The molecule has 1 unspecified atom stereocenters. The third-order valence-electron chi connectivity index (χ3n) is 5.00. The van der Waals surface area contributed by atoms with Crippen molar-refractivity contribution < 1.29 is 13.2 Å². The van der Waals surface area contributed by atoms with Crippen molar-refractivity contribution in [3.05, 3.63) is 29.3 Å². The zero-order valence-corrected chi connectivity index (χ0v) is 15.1. The van der Waals surface area contributed by atoms with Gasteiger partial charge in [0.1, 0.15) is 0 Å². The van der Waals surface area contributed by atoms with Gasteiger partial charge in [-0.2, -0.15) is 0 Å². The molecule has 0 radical (unpaired) electrons. The molecule has 24 heavy (non-hydrogen) atoms. The number of benzene rings is 1. The first-order chi connectivity index (χ1) is 11.4. The van der Waals surface area contributed by atoms with Gasteiger partial charge in [0.15, 0.2) is 0 Å². The molecule has 1 N–H and O–H groups in total. The lowest BCUT2D eigenvalue weighted by Crippen LogP contribution is -2.40. The van der Waals surface area contributed by atoms with E-state index in [1.807, 2.05) is 6.07 Å². The van der Waals surface area contributed by atoms with Gasteiger partial charge in [-0.25, -0.2) is 8.42 Å². The topological polar surface area (TPSA) is 69.7 Å². The van der Waals surface area contributed by atoms with Crippen LogP contribution in [0.4, 0.5) is 5.69 Å². The molecule has 0 bridgehead atoms. The molecule has 7 heteroatoms. The minimum absolute atomic E-state index is 0.0847. The third kappa shape index (κ3) is 3.42. The van der Waals surface area contributed by atoms with Gasteiger partial charge in [-0.3, -0.25) is 14.0 Å². The van der Waals surface area contributed by atoms with E-state index in [9.17, 15) is 13.2 Å². The lowest BCUT2D eigenvalue weighted by molar-refractivity contribution is 0.0941. The van der Waals surface area contributed by atoms with Crippen LogP contribution in [0.3, 0.4) is 0 Å². The van der Waals surface area contributed by atoms with Crippen LogP contribution in [-0.2, 0) is 16.4 Å². The van der Waals surface area contributed by atoms with Crippen LogP contribution in [0, 0.1) is 0 Å². The molecule has 1 amide bonds.